The number of ketones is 2. The van der Waals surface area contributed by atoms with Crippen molar-refractivity contribution in [3.05, 3.63) is 11.6 Å². The van der Waals surface area contributed by atoms with Crippen molar-refractivity contribution in [2.45, 2.75) is 106 Å². The number of fused-ring (bicyclic) bond motifs is 7. The quantitative estimate of drug-likeness (QED) is 0.512. The van der Waals surface area contributed by atoms with Gasteiger partial charge in [-0.15, -0.1) is 0 Å². The van der Waals surface area contributed by atoms with Crippen LogP contribution in [0.4, 0.5) is 0 Å². The third-order valence-electron chi connectivity index (χ3n) is 12.9. The van der Waals surface area contributed by atoms with Crippen LogP contribution in [0.3, 0.4) is 0 Å². The van der Waals surface area contributed by atoms with E-state index >= 15 is 0 Å². The van der Waals surface area contributed by atoms with Crippen LogP contribution in [-0.4, -0.2) is 17.5 Å². The van der Waals surface area contributed by atoms with Gasteiger partial charge < -0.3 is 5.73 Å². The van der Waals surface area contributed by atoms with E-state index in [4.69, 9.17) is 5.73 Å². The van der Waals surface area contributed by atoms with E-state index in [1.807, 2.05) is 13.0 Å². The van der Waals surface area contributed by atoms with Crippen LogP contribution in [0, 0.1) is 50.2 Å². The van der Waals surface area contributed by atoms with Crippen molar-refractivity contribution in [3.8, 4) is 0 Å². The highest BCUT2D eigenvalue weighted by molar-refractivity contribution is 5.96. The molecule has 4 saturated carbocycles. The van der Waals surface area contributed by atoms with Crippen LogP contribution in [0.25, 0.3) is 0 Å². The number of hydrogen-bond donors (Lipinski definition) is 1. The van der Waals surface area contributed by atoms with Crippen LogP contribution in [0.5, 0.6) is 0 Å². The predicted octanol–water partition coefficient (Wildman–Crippen LogP) is 6.02. The van der Waals surface area contributed by atoms with E-state index in [0.717, 1.165) is 51.4 Å². The highest BCUT2D eigenvalue weighted by Crippen LogP contribution is 2.74. The summed E-state index contributed by atoms with van der Waals surface area (Å²) >= 11 is 0. The van der Waals surface area contributed by atoms with E-state index in [1.165, 1.54) is 5.57 Å². The van der Waals surface area contributed by atoms with Crippen LogP contribution in [0.2, 0.25) is 0 Å². The zero-order valence-electron chi connectivity index (χ0n) is 22.5. The Morgan fingerprint density at radius 3 is 2.21 bits per heavy atom. The average molecular weight is 468 g/mol. The molecule has 4 nitrogen and oxygen atoms in total. The van der Waals surface area contributed by atoms with Crippen molar-refractivity contribution in [2.24, 2.45) is 56.0 Å². The first-order valence-electron chi connectivity index (χ1n) is 13.6. The van der Waals surface area contributed by atoms with E-state index in [-0.39, 0.29) is 56.5 Å². The van der Waals surface area contributed by atoms with Crippen LogP contribution in [0.15, 0.2) is 11.6 Å². The Labute approximate surface area is 205 Å². The molecule has 4 heteroatoms. The number of rotatable bonds is 1. The molecule has 0 aliphatic heterocycles. The first kappa shape index (κ1) is 24.3. The molecule has 34 heavy (non-hydrogen) atoms. The summed E-state index contributed by atoms with van der Waals surface area (Å²) < 4.78 is 0. The number of hydrogen-bond acceptors (Lipinski definition) is 3. The summed E-state index contributed by atoms with van der Waals surface area (Å²) in [6.07, 6.45) is 10.3. The number of Topliss-reactive ketones (excluding diaryl/α,β-unsaturated/α-hetero) is 1. The number of allylic oxidation sites excluding steroid dienone is 2. The molecule has 0 radical (unpaired) electrons. The topological polar surface area (TPSA) is 77.2 Å². The summed E-state index contributed by atoms with van der Waals surface area (Å²) in [4.78, 5) is 39.5. The zero-order chi connectivity index (χ0) is 25.1. The van der Waals surface area contributed by atoms with Crippen molar-refractivity contribution >= 4 is 17.5 Å². The number of carbonyl (C=O) groups is 3. The lowest BCUT2D eigenvalue weighted by Crippen LogP contribution is -2.66. The fraction of sp³-hybridized carbons (Fsp3) is 0.833. The van der Waals surface area contributed by atoms with E-state index in [9.17, 15) is 14.4 Å². The van der Waals surface area contributed by atoms with Gasteiger partial charge in [-0.05, 0) is 90.9 Å². The molecule has 1 amide bonds. The van der Waals surface area contributed by atoms with Crippen LogP contribution < -0.4 is 5.73 Å². The second kappa shape index (κ2) is 6.85. The van der Waals surface area contributed by atoms with E-state index < -0.39 is 5.41 Å². The van der Waals surface area contributed by atoms with Crippen LogP contribution in [0.1, 0.15) is 106 Å². The molecule has 5 aliphatic carbocycles. The lowest BCUT2D eigenvalue weighted by atomic mass is 9.33. The first-order valence-corrected chi connectivity index (χ1v) is 13.6. The van der Waals surface area contributed by atoms with Gasteiger partial charge in [-0.2, -0.15) is 0 Å². The Morgan fingerprint density at radius 1 is 0.912 bits per heavy atom. The van der Waals surface area contributed by atoms with Gasteiger partial charge >= 0.3 is 0 Å². The highest BCUT2D eigenvalue weighted by atomic mass is 16.1. The van der Waals surface area contributed by atoms with Gasteiger partial charge in [-0.3, -0.25) is 14.4 Å². The molecule has 0 aromatic rings. The summed E-state index contributed by atoms with van der Waals surface area (Å²) in [5, 5.41) is 0. The van der Waals surface area contributed by atoms with Crippen molar-refractivity contribution in [3.63, 3.8) is 0 Å². The minimum atomic E-state index is -0.499. The number of amides is 1. The molecule has 188 valence electrons. The molecule has 5 rings (SSSR count). The van der Waals surface area contributed by atoms with Gasteiger partial charge in [-0.1, -0.05) is 54.0 Å². The summed E-state index contributed by atoms with van der Waals surface area (Å²) in [5.74, 6) is 0.886. The van der Waals surface area contributed by atoms with Crippen molar-refractivity contribution in [1.82, 2.24) is 0 Å². The van der Waals surface area contributed by atoms with Gasteiger partial charge in [0, 0.05) is 23.2 Å². The Hall–Kier alpha value is -1.45. The Kier molecular flexibility index (Phi) is 4.89. The fourth-order valence-corrected chi connectivity index (χ4v) is 10.2. The van der Waals surface area contributed by atoms with Gasteiger partial charge in [0.15, 0.2) is 5.78 Å². The molecule has 0 spiro atoms. The standard InChI is InChI=1S/C30H45NO3/c1-25(2)21-8-11-30(7)23(28(21,5)10-9-22(25)33)20(32)16-18-19-17-27(4,24(31)34)13-12-26(19,3)14-15-29(18,30)6/h16,19,21,23H,8-15,17H2,1-7H3,(H2,31,34)/t19-,21-,23+,26+,27-,28-,29+,30+/m0/s1. The minimum absolute atomic E-state index is 0.0460. The lowest BCUT2D eigenvalue weighted by molar-refractivity contribution is -0.187. The highest BCUT2D eigenvalue weighted by Gasteiger charge is 2.70. The molecule has 2 N–H and O–H groups in total. The normalized spacial score (nSPS) is 52.0. The molecule has 0 unspecified atom stereocenters. The van der Waals surface area contributed by atoms with Gasteiger partial charge in [0.05, 0.1) is 0 Å². The van der Waals surface area contributed by atoms with E-state index in [0.29, 0.717) is 12.2 Å². The van der Waals surface area contributed by atoms with Gasteiger partial charge in [0.1, 0.15) is 5.78 Å². The summed E-state index contributed by atoms with van der Waals surface area (Å²) in [5.41, 5.74) is 6.14. The smallest absolute Gasteiger partial charge is 0.223 e. The zero-order valence-corrected chi connectivity index (χ0v) is 22.5. The maximum atomic E-state index is 14.2. The molecule has 0 aromatic carbocycles. The maximum absolute atomic E-state index is 14.2. The molecule has 0 saturated heterocycles. The monoisotopic (exact) mass is 467 g/mol. The summed E-state index contributed by atoms with van der Waals surface area (Å²) in [6, 6.07) is 0. The molecule has 4 fully saturated rings. The Morgan fingerprint density at radius 2 is 1.56 bits per heavy atom. The third-order valence-corrected chi connectivity index (χ3v) is 12.9. The van der Waals surface area contributed by atoms with Gasteiger partial charge in [0.2, 0.25) is 5.91 Å². The van der Waals surface area contributed by atoms with Crippen molar-refractivity contribution < 1.29 is 14.4 Å². The van der Waals surface area contributed by atoms with Crippen molar-refractivity contribution in [1.29, 1.82) is 0 Å². The molecule has 8 atom stereocenters. The summed E-state index contributed by atoms with van der Waals surface area (Å²) in [6.45, 7) is 15.8. The number of primary amides is 1. The molecule has 0 aromatic heterocycles. The van der Waals surface area contributed by atoms with Crippen molar-refractivity contribution in [2.75, 3.05) is 0 Å². The summed E-state index contributed by atoms with van der Waals surface area (Å²) in [7, 11) is 0. The van der Waals surface area contributed by atoms with Gasteiger partial charge in [-0.25, -0.2) is 0 Å². The molecular formula is C30H45NO3. The molecule has 5 aliphatic rings. The Balaban J connectivity index is 1.63. The third kappa shape index (κ3) is 2.75. The fourth-order valence-electron chi connectivity index (χ4n) is 10.2. The average Bonchev–Trinajstić information content (AvgIpc) is 2.73. The van der Waals surface area contributed by atoms with E-state index in [1.54, 1.807) is 0 Å². The van der Waals surface area contributed by atoms with E-state index in [2.05, 4.69) is 41.5 Å². The number of nitrogens with two attached hydrogens (primary N) is 1. The van der Waals surface area contributed by atoms with Crippen LogP contribution in [-0.2, 0) is 14.4 Å². The first-order chi connectivity index (χ1) is 15.6. The Bertz CT molecular complexity index is 1010. The predicted molar refractivity (Wildman–Crippen MR) is 134 cm³/mol. The van der Waals surface area contributed by atoms with Gasteiger partial charge in [0.25, 0.3) is 0 Å². The molecule has 0 bridgehead atoms. The second-order valence-electron chi connectivity index (χ2n) is 14.8. The molecular weight excluding hydrogens is 422 g/mol. The molecule has 0 heterocycles. The maximum Gasteiger partial charge on any atom is 0.223 e. The van der Waals surface area contributed by atoms with Crippen LogP contribution >= 0.6 is 0 Å². The lowest BCUT2D eigenvalue weighted by Gasteiger charge is -2.69. The second-order valence-corrected chi connectivity index (χ2v) is 14.8. The minimum Gasteiger partial charge on any atom is -0.369 e. The largest absolute Gasteiger partial charge is 0.369 e. The SMILES string of the molecule is CC1(C)C(=O)CC[C@]2(C)[C@H]3C(=O)C=C4[C@@H]5C[C@@](C)(C(N)=O)CC[C@]5(C)CC[C@@]4(C)[C@]3(C)CC[C@@H]12. The number of carbonyl (C=O) groups excluding carboxylic acids is 3.